The molecule has 0 atom stereocenters. The summed E-state index contributed by atoms with van der Waals surface area (Å²) in [6.45, 7) is 9.38. The average molecular weight is 603 g/mol. The molecule has 0 rings (SSSR count). The summed E-state index contributed by atoms with van der Waals surface area (Å²) < 4.78 is 0. The van der Waals surface area contributed by atoms with Crippen LogP contribution in [0.15, 0.2) is 0 Å². The molecule has 0 fully saturated rings. The van der Waals surface area contributed by atoms with Crippen molar-refractivity contribution in [3.05, 3.63) is 0 Å². The Bertz CT molecular complexity index is 396. The lowest BCUT2D eigenvalue weighted by Gasteiger charge is -2.28. The van der Waals surface area contributed by atoms with Gasteiger partial charge in [-0.05, 0) is 51.4 Å². The molecule has 0 bridgehead atoms. The summed E-state index contributed by atoms with van der Waals surface area (Å²) in [6.07, 6.45) is 51.2. The quantitative estimate of drug-likeness (QED) is 0.0507. The number of hydrogen-bond acceptors (Lipinski definition) is 0. The summed E-state index contributed by atoms with van der Waals surface area (Å²) in [5, 5.41) is 0. The zero-order chi connectivity index (χ0) is 28.5. The van der Waals surface area contributed by atoms with Gasteiger partial charge in [0.05, 0.1) is 24.6 Å². The van der Waals surface area contributed by atoms with Crippen LogP contribution in [0.5, 0.6) is 0 Å². The van der Waals surface area contributed by atoms with E-state index in [9.17, 15) is 0 Å². The second-order valence-electron chi connectivity index (χ2n) is 13.4. The van der Waals surface area contributed by atoms with Crippen LogP contribution in [-0.2, 0) is 0 Å². The van der Waals surface area contributed by atoms with Gasteiger partial charge in [-0.2, -0.15) is 0 Å². The second kappa shape index (κ2) is 35.9. The molecule has 0 saturated heterocycles. The van der Waals surface area contributed by atoms with E-state index in [-0.39, 0.29) is 12.4 Å². The molecule has 0 N–H and O–H groups in total. The van der Waals surface area contributed by atoms with Gasteiger partial charge in [0.2, 0.25) is 0 Å². The van der Waals surface area contributed by atoms with E-state index in [1.165, 1.54) is 167 Å². The Morgan fingerprint density at radius 2 is 0.375 bits per heavy atom. The maximum atomic E-state index is 2.35. The summed E-state index contributed by atoms with van der Waals surface area (Å²) in [6, 6.07) is 0. The number of halogens is 1. The number of hydrogen-bond donors (Lipinski definition) is 0. The highest BCUT2D eigenvalue weighted by Crippen LogP contribution is 2.61. The molecule has 0 heterocycles. The van der Waals surface area contributed by atoms with E-state index < -0.39 is 7.26 Å². The molecule has 0 aliphatic rings. The highest BCUT2D eigenvalue weighted by Gasteiger charge is 2.34. The molecule has 2 heteroatoms. The van der Waals surface area contributed by atoms with E-state index >= 15 is 0 Å². The Labute approximate surface area is 263 Å². The van der Waals surface area contributed by atoms with Gasteiger partial charge in [-0.1, -0.05) is 169 Å². The number of rotatable bonds is 34. The lowest BCUT2D eigenvalue weighted by atomic mass is 10.1. The molecule has 0 aromatic carbocycles. The highest BCUT2D eigenvalue weighted by atomic mass is 35.5. The monoisotopic (exact) mass is 603 g/mol. The van der Waals surface area contributed by atoms with E-state index in [0.717, 1.165) is 0 Å². The minimum absolute atomic E-state index is 0. The molecule has 0 aromatic heterocycles. The normalized spacial score (nSPS) is 11.7. The Hall–Kier alpha value is 0.720. The molecule has 0 unspecified atom stereocenters. The standard InChI is InChI=1S/C38H80P.ClH/c1-5-9-13-17-21-22-23-24-25-26-30-34-38-39(35-31-27-18-14-10-6-2,36-32-28-19-15-11-7-3)37-33-29-20-16-12-8-4;/h5-38H2,1-4H3;1H/q+1;/p-1. The summed E-state index contributed by atoms with van der Waals surface area (Å²) in [4.78, 5) is 0. The third-order valence-electron chi connectivity index (χ3n) is 9.44. The van der Waals surface area contributed by atoms with Gasteiger partial charge in [-0.15, -0.1) is 0 Å². The van der Waals surface area contributed by atoms with Crippen molar-refractivity contribution in [1.29, 1.82) is 0 Å². The van der Waals surface area contributed by atoms with Gasteiger partial charge in [0.25, 0.3) is 0 Å². The first-order valence-corrected chi connectivity index (χ1v) is 21.6. The molecule has 0 saturated carbocycles. The largest absolute Gasteiger partial charge is 1.00 e. The van der Waals surface area contributed by atoms with Crippen LogP contribution in [-0.4, -0.2) is 24.6 Å². The van der Waals surface area contributed by atoms with E-state index in [4.69, 9.17) is 0 Å². The minimum atomic E-state index is -0.743. The van der Waals surface area contributed by atoms with Crippen LogP contribution in [0, 0.1) is 0 Å². The van der Waals surface area contributed by atoms with E-state index in [1.54, 1.807) is 50.3 Å². The van der Waals surface area contributed by atoms with Crippen molar-refractivity contribution in [2.45, 2.75) is 220 Å². The first kappa shape index (κ1) is 42.9. The van der Waals surface area contributed by atoms with Crippen LogP contribution in [0.2, 0.25) is 0 Å². The SMILES string of the molecule is CCCCCCCCCCCCCC[P+](CCCCCCCC)(CCCCCCCC)CCCCCCCC.[Cl-]. The third-order valence-corrected chi connectivity index (χ3v) is 14.5. The van der Waals surface area contributed by atoms with Crippen molar-refractivity contribution in [3.8, 4) is 0 Å². The zero-order valence-corrected chi connectivity index (χ0v) is 30.5. The van der Waals surface area contributed by atoms with Gasteiger partial charge in [0, 0.05) is 7.26 Å². The smallest absolute Gasteiger partial charge is 0.0594 e. The van der Waals surface area contributed by atoms with Crippen molar-refractivity contribution >= 4 is 7.26 Å². The van der Waals surface area contributed by atoms with Crippen LogP contribution in [0.25, 0.3) is 0 Å². The fourth-order valence-electron chi connectivity index (χ4n) is 6.64. The molecule has 0 spiro atoms. The molecule has 0 nitrogen and oxygen atoms in total. The van der Waals surface area contributed by atoms with Crippen molar-refractivity contribution in [2.75, 3.05) is 24.6 Å². The Morgan fingerprint density at radius 1 is 0.225 bits per heavy atom. The Kier molecular flexibility index (Phi) is 38.5. The number of unbranched alkanes of at least 4 members (excludes halogenated alkanes) is 26. The van der Waals surface area contributed by atoms with Crippen LogP contribution >= 0.6 is 7.26 Å². The van der Waals surface area contributed by atoms with Crippen molar-refractivity contribution < 1.29 is 12.4 Å². The molecule has 244 valence electrons. The van der Waals surface area contributed by atoms with Gasteiger partial charge in [-0.3, -0.25) is 0 Å². The molecule has 40 heavy (non-hydrogen) atoms. The summed E-state index contributed by atoms with van der Waals surface area (Å²) in [5.74, 6) is 0. The summed E-state index contributed by atoms with van der Waals surface area (Å²) in [5.41, 5.74) is 0. The van der Waals surface area contributed by atoms with Gasteiger partial charge in [-0.25, -0.2) is 0 Å². The molecule has 0 radical (unpaired) electrons. The van der Waals surface area contributed by atoms with Crippen LogP contribution in [0.1, 0.15) is 220 Å². The molecule has 0 aliphatic carbocycles. The minimum Gasteiger partial charge on any atom is -1.00 e. The maximum Gasteiger partial charge on any atom is 0.0594 e. The molecular formula is C38H80ClP. The van der Waals surface area contributed by atoms with Crippen molar-refractivity contribution in [3.63, 3.8) is 0 Å². The molecular weight excluding hydrogens is 523 g/mol. The fraction of sp³-hybridized carbons (Fsp3) is 1.00. The topological polar surface area (TPSA) is 0 Å². The Balaban J connectivity index is 0. The summed E-state index contributed by atoms with van der Waals surface area (Å²) >= 11 is 0. The van der Waals surface area contributed by atoms with E-state index in [1.807, 2.05) is 0 Å². The highest BCUT2D eigenvalue weighted by molar-refractivity contribution is 7.75. The average Bonchev–Trinajstić information content (AvgIpc) is 2.95. The fourth-order valence-corrected chi connectivity index (χ4v) is 11.6. The molecule has 0 aromatic rings. The second-order valence-corrected chi connectivity index (χ2v) is 17.9. The van der Waals surface area contributed by atoms with Crippen molar-refractivity contribution in [2.24, 2.45) is 0 Å². The lowest BCUT2D eigenvalue weighted by Crippen LogP contribution is -3.00. The Morgan fingerprint density at radius 3 is 0.550 bits per heavy atom. The third kappa shape index (κ3) is 30.2. The van der Waals surface area contributed by atoms with E-state index in [2.05, 4.69) is 27.7 Å². The first-order valence-electron chi connectivity index (χ1n) is 19.1. The lowest BCUT2D eigenvalue weighted by molar-refractivity contribution is -0.00000886. The van der Waals surface area contributed by atoms with Gasteiger partial charge in [0.1, 0.15) is 0 Å². The van der Waals surface area contributed by atoms with Crippen molar-refractivity contribution in [1.82, 2.24) is 0 Å². The van der Waals surface area contributed by atoms with Gasteiger partial charge >= 0.3 is 0 Å². The maximum absolute atomic E-state index is 2.35. The summed E-state index contributed by atoms with van der Waals surface area (Å²) in [7, 11) is -0.743. The predicted molar refractivity (Wildman–Crippen MR) is 188 cm³/mol. The molecule has 0 amide bonds. The zero-order valence-electron chi connectivity index (χ0n) is 28.9. The predicted octanol–water partition coefficient (Wildman–Crippen LogP) is 11.8. The van der Waals surface area contributed by atoms with Crippen LogP contribution in [0.3, 0.4) is 0 Å². The van der Waals surface area contributed by atoms with Gasteiger partial charge in [0.15, 0.2) is 0 Å². The van der Waals surface area contributed by atoms with E-state index in [0.29, 0.717) is 0 Å². The van der Waals surface area contributed by atoms with Crippen LogP contribution in [0.4, 0.5) is 0 Å². The van der Waals surface area contributed by atoms with Crippen LogP contribution < -0.4 is 12.4 Å². The van der Waals surface area contributed by atoms with Gasteiger partial charge < -0.3 is 12.4 Å². The first-order chi connectivity index (χ1) is 19.2. The molecule has 0 aliphatic heterocycles.